The molecule has 1 spiro atoms. The van der Waals surface area contributed by atoms with Crippen molar-refractivity contribution in [1.29, 1.82) is 0 Å². The van der Waals surface area contributed by atoms with Gasteiger partial charge in [-0.1, -0.05) is 65.2 Å². The van der Waals surface area contributed by atoms with Crippen LogP contribution in [-0.2, 0) is 31.3 Å². The molecule has 0 bridgehead atoms. The van der Waals surface area contributed by atoms with Crippen LogP contribution < -0.4 is 0 Å². The Kier molecular flexibility index (Phi) is 7.37. The van der Waals surface area contributed by atoms with E-state index in [0.29, 0.717) is 0 Å². The van der Waals surface area contributed by atoms with Crippen LogP contribution in [0.4, 0.5) is 0 Å². The topological polar surface area (TPSA) is 76.0 Å². The van der Waals surface area contributed by atoms with Crippen molar-refractivity contribution >= 4 is 16.6 Å². The maximum atomic E-state index is 10.0. The zero-order valence-electron chi connectivity index (χ0n) is 23.5. The predicted octanol–water partition coefficient (Wildman–Crippen LogP) is 7.87. The van der Waals surface area contributed by atoms with E-state index in [9.17, 15) is 4.79 Å². The third-order valence-corrected chi connectivity index (χ3v) is 8.05. The summed E-state index contributed by atoms with van der Waals surface area (Å²) in [4.78, 5) is 23.8. The van der Waals surface area contributed by atoms with Gasteiger partial charge in [-0.25, -0.2) is 0 Å². The SMILES string of the molecule is CC(=O)/C=C(/C)O.[Pt].[c-]1cc(-c2cccc3ccccc23)cc2c1-c1ncccc1C21c2ccncc2-c2cnccc21. The molecule has 3 aromatic heterocycles. The number of fused-ring (bicyclic) bond motifs is 11. The number of rotatable bonds is 2. The second-order valence-corrected chi connectivity index (χ2v) is 10.6. The molecule has 0 fully saturated rings. The maximum absolute atomic E-state index is 10.0. The first-order valence-electron chi connectivity index (χ1n) is 13.8. The molecule has 2 aliphatic carbocycles. The molecule has 5 nitrogen and oxygen atoms in total. The summed E-state index contributed by atoms with van der Waals surface area (Å²) in [5, 5.41) is 10.8. The largest absolute Gasteiger partial charge is 0.512 e. The first-order chi connectivity index (χ1) is 20.5. The number of hydrogen-bond acceptors (Lipinski definition) is 5. The number of ketones is 1. The van der Waals surface area contributed by atoms with Crippen LogP contribution in [0.2, 0.25) is 0 Å². The van der Waals surface area contributed by atoms with Crippen LogP contribution in [0.1, 0.15) is 36.1 Å². The second kappa shape index (κ2) is 11.2. The standard InChI is InChI=1S/C32H18N3.C5H8O2.Pt/c1-2-7-22-20(5-1)6-3-8-23(22)21-10-11-24-30(17-21)32(29-9-4-14-35-31(24)29)27-12-15-33-18-25(27)26-19-34-16-13-28(26)32;1-4(6)3-5(2)7;/h1-10,12-19H;3,6H,1-2H3;/q-1;;/b;4-3-;. The number of pyridine rings is 3. The van der Waals surface area contributed by atoms with Gasteiger partial charge in [0.15, 0.2) is 5.78 Å². The van der Waals surface area contributed by atoms with Gasteiger partial charge < -0.3 is 10.1 Å². The van der Waals surface area contributed by atoms with Gasteiger partial charge in [0.25, 0.3) is 0 Å². The molecule has 0 saturated heterocycles. The van der Waals surface area contributed by atoms with Crippen LogP contribution in [0.15, 0.2) is 122 Å². The summed E-state index contributed by atoms with van der Waals surface area (Å²) < 4.78 is 0. The molecule has 1 N–H and O–H groups in total. The summed E-state index contributed by atoms with van der Waals surface area (Å²) >= 11 is 0. The predicted molar refractivity (Wildman–Crippen MR) is 165 cm³/mol. The van der Waals surface area contributed by atoms with Crippen LogP contribution in [0.3, 0.4) is 0 Å². The Balaban J connectivity index is 0.000000371. The molecular weight excluding hydrogens is 714 g/mol. The number of hydrogen-bond donors (Lipinski definition) is 1. The van der Waals surface area contributed by atoms with E-state index in [2.05, 4.69) is 88.8 Å². The molecule has 0 unspecified atom stereocenters. The molecule has 2 aliphatic rings. The van der Waals surface area contributed by atoms with Gasteiger partial charge in [0.05, 0.1) is 5.76 Å². The molecule has 6 aromatic rings. The van der Waals surface area contributed by atoms with E-state index in [0.717, 1.165) is 27.9 Å². The molecule has 212 valence electrons. The minimum Gasteiger partial charge on any atom is -0.512 e. The van der Waals surface area contributed by atoms with Crippen molar-refractivity contribution in [3.63, 3.8) is 0 Å². The summed E-state index contributed by atoms with van der Waals surface area (Å²) in [5.74, 6) is -0.0625. The average molecular weight is 740 g/mol. The molecular formula is C37H26N3O2Pt-. The molecule has 0 aliphatic heterocycles. The number of nitrogens with zero attached hydrogens (tertiary/aromatic N) is 3. The van der Waals surface area contributed by atoms with Crippen LogP contribution in [0.5, 0.6) is 0 Å². The summed E-state index contributed by atoms with van der Waals surface area (Å²) in [6.07, 6.45) is 10.8. The van der Waals surface area contributed by atoms with Gasteiger partial charge >= 0.3 is 0 Å². The van der Waals surface area contributed by atoms with E-state index in [1.54, 1.807) is 0 Å². The molecule has 8 rings (SSSR count). The number of aromatic nitrogens is 3. The molecule has 0 saturated carbocycles. The van der Waals surface area contributed by atoms with Crippen molar-refractivity contribution in [2.75, 3.05) is 0 Å². The fourth-order valence-corrected chi connectivity index (χ4v) is 6.57. The molecule has 0 radical (unpaired) electrons. The molecule has 43 heavy (non-hydrogen) atoms. The van der Waals surface area contributed by atoms with Gasteiger partial charge in [-0.05, 0) is 59.6 Å². The van der Waals surface area contributed by atoms with E-state index in [1.165, 1.54) is 58.5 Å². The molecule has 3 aromatic carbocycles. The number of aliphatic hydroxyl groups excluding tert-OH is 1. The summed E-state index contributed by atoms with van der Waals surface area (Å²) in [5.41, 5.74) is 11.1. The number of carbonyl (C=O) groups is 1. The summed E-state index contributed by atoms with van der Waals surface area (Å²) in [6, 6.07) is 31.8. The third kappa shape index (κ3) is 4.43. The van der Waals surface area contributed by atoms with Gasteiger partial charge in [0.1, 0.15) is 0 Å². The van der Waals surface area contributed by atoms with Gasteiger partial charge in [-0.3, -0.25) is 14.8 Å². The monoisotopic (exact) mass is 739 g/mol. The van der Waals surface area contributed by atoms with Crippen molar-refractivity contribution in [3.8, 4) is 33.5 Å². The van der Waals surface area contributed by atoms with Crippen molar-refractivity contribution in [1.82, 2.24) is 15.0 Å². The Labute approximate surface area is 264 Å². The van der Waals surface area contributed by atoms with E-state index in [-0.39, 0.29) is 32.6 Å². The van der Waals surface area contributed by atoms with E-state index < -0.39 is 5.41 Å². The van der Waals surface area contributed by atoms with Crippen molar-refractivity contribution in [2.24, 2.45) is 0 Å². The number of carbonyl (C=O) groups excluding carboxylic acids is 1. The second-order valence-electron chi connectivity index (χ2n) is 10.6. The number of allylic oxidation sites excluding steroid dienone is 2. The Morgan fingerprint density at radius 1 is 0.791 bits per heavy atom. The van der Waals surface area contributed by atoms with Crippen molar-refractivity contribution < 1.29 is 31.0 Å². The fourth-order valence-electron chi connectivity index (χ4n) is 6.57. The van der Waals surface area contributed by atoms with E-state index in [4.69, 9.17) is 10.1 Å². The van der Waals surface area contributed by atoms with Gasteiger partial charge in [-0.2, -0.15) is 0 Å². The molecule has 3 heterocycles. The Bertz CT molecular complexity index is 1990. The Morgan fingerprint density at radius 2 is 1.49 bits per heavy atom. The summed E-state index contributed by atoms with van der Waals surface area (Å²) in [7, 11) is 0. The molecule has 0 amide bonds. The van der Waals surface area contributed by atoms with Crippen molar-refractivity contribution in [3.05, 3.63) is 150 Å². The summed E-state index contributed by atoms with van der Waals surface area (Å²) in [6.45, 7) is 2.85. The maximum Gasteiger partial charge on any atom is 0.155 e. The number of aliphatic hydroxyl groups is 1. The smallest absolute Gasteiger partial charge is 0.155 e. The Hall–Kier alpha value is -4.73. The molecule has 0 atom stereocenters. The number of benzene rings is 3. The first kappa shape index (κ1) is 28.4. The minimum atomic E-state index is -0.466. The van der Waals surface area contributed by atoms with Gasteiger partial charge in [0.2, 0.25) is 0 Å². The van der Waals surface area contributed by atoms with Crippen molar-refractivity contribution in [2.45, 2.75) is 19.3 Å². The van der Waals surface area contributed by atoms with Crippen LogP contribution in [0, 0.1) is 6.07 Å². The van der Waals surface area contributed by atoms with E-state index in [1.807, 2.05) is 37.1 Å². The zero-order chi connectivity index (χ0) is 28.8. The van der Waals surface area contributed by atoms with E-state index >= 15 is 0 Å². The van der Waals surface area contributed by atoms with Gasteiger partial charge in [0, 0.05) is 74.7 Å². The minimum absolute atomic E-state index is 0. The van der Waals surface area contributed by atoms with Crippen LogP contribution >= 0.6 is 0 Å². The third-order valence-electron chi connectivity index (χ3n) is 8.05. The Morgan fingerprint density at radius 3 is 2.16 bits per heavy atom. The molecule has 6 heteroatoms. The van der Waals surface area contributed by atoms with Gasteiger partial charge in [-0.15, -0.1) is 29.3 Å². The van der Waals surface area contributed by atoms with Crippen LogP contribution in [-0.4, -0.2) is 25.8 Å². The average Bonchev–Trinajstić information content (AvgIpc) is 3.47. The normalized spacial score (nSPS) is 13.2. The first-order valence-corrected chi connectivity index (χ1v) is 13.8. The fraction of sp³-hybridized carbons (Fsp3) is 0.0811. The quantitative estimate of drug-likeness (QED) is 0.111. The zero-order valence-corrected chi connectivity index (χ0v) is 25.8. The van der Waals surface area contributed by atoms with Crippen LogP contribution in [0.25, 0.3) is 44.3 Å².